The largest absolute Gasteiger partial charge is 0.379 e. The number of piperazine rings is 1. The monoisotopic (exact) mass is 606 g/mol. The number of aromatic amines is 1. The number of rotatable bonds is 15. The van der Waals surface area contributed by atoms with Crippen molar-refractivity contribution in [2.75, 3.05) is 77.7 Å². The summed E-state index contributed by atoms with van der Waals surface area (Å²) in [6.07, 6.45) is 6.76. The number of carbonyl (C=O) groups excluding carboxylic acids is 1. The minimum Gasteiger partial charge on any atom is -0.379 e. The molecule has 1 aliphatic carbocycles. The SMILES string of the molecule is CCOCCOCCOCCN1CCN(C(C)(C)c2ccc(NC(=O)c3ncc(C#N)[nH]3)c(C3=CCC(C)(C)CC3)c2)CC1. The standard InChI is InChI=1S/C34H50N6O4/c1-6-42-19-20-44-22-21-43-18-17-39-13-15-40(16-14-39)34(4,5)27-7-8-30(38-32(41)31-36-25-28(24-35)37-31)29(23-27)26-9-11-33(2,3)12-10-26/h7-9,23,25H,6,10-22H2,1-5H3,(H,36,37)(H,38,41). The molecule has 0 atom stereocenters. The summed E-state index contributed by atoms with van der Waals surface area (Å²) in [6.45, 7) is 19.9. The van der Waals surface area contributed by atoms with Crippen molar-refractivity contribution in [3.63, 3.8) is 0 Å². The van der Waals surface area contributed by atoms with Crippen LogP contribution in [-0.2, 0) is 19.7 Å². The van der Waals surface area contributed by atoms with Crippen molar-refractivity contribution in [2.24, 2.45) is 5.41 Å². The molecule has 10 heteroatoms. The van der Waals surface area contributed by atoms with Crippen molar-refractivity contribution in [3.8, 4) is 6.07 Å². The zero-order valence-corrected chi connectivity index (χ0v) is 27.2. The fourth-order valence-corrected chi connectivity index (χ4v) is 5.79. The molecule has 1 fully saturated rings. The van der Waals surface area contributed by atoms with E-state index in [4.69, 9.17) is 19.5 Å². The number of allylic oxidation sites excluding steroid dienone is 2. The molecule has 2 heterocycles. The van der Waals surface area contributed by atoms with E-state index < -0.39 is 0 Å². The van der Waals surface area contributed by atoms with Crippen molar-refractivity contribution in [1.29, 1.82) is 5.26 Å². The fraction of sp³-hybridized carbons (Fsp3) is 0.618. The third kappa shape index (κ3) is 9.22. The van der Waals surface area contributed by atoms with Gasteiger partial charge in [-0.1, -0.05) is 26.0 Å². The van der Waals surface area contributed by atoms with Crippen LogP contribution in [0.4, 0.5) is 5.69 Å². The second-order valence-electron chi connectivity index (χ2n) is 12.9. The molecule has 4 rings (SSSR count). The summed E-state index contributed by atoms with van der Waals surface area (Å²) in [6, 6.07) is 8.40. The van der Waals surface area contributed by atoms with Crippen LogP contribution in [0.25, 0.3) is 5.57 Å². The van der Waals surface area contributed by atoms with E-state index in [1.54, 1.807) is 0 Å². The number of nitrogens with zero attached hydrogens (tertiary/aromatic N) is 4. The molecule has 0 radical (unpaired) electrons. The van der Waals surface area contributed by atoms with Crippen LogP contribution in [0.15, 0.2) is 30.5 Å². The number of nitrogens with one attached hydrogen (secondary N) is 2. The van der Waals surface area contributed by atoms with Crippen LogP contribution in [0.2, 0.25) is 0 Å². The highest BCUT2D eigenvalue weighted by molar-refractivity contribution is 6.03. The average Bonchev–Trinajstić information content (AvgIpc) is 3.51. The Morgan fingerprint density at radius 1 is 1.09 bits per heavy atom. The van der Waals surface area contributed by atoms with E-state index in [0.717, 1.165) is 63.2 Å². The summed E-state index contributed by atoms with van der Waals surface area (Å²) in [4.78, 5) is 24.9. The number of H-pyrrole nitrogens is 1. The second kappa shape index (κ2) is 15.8. The van der Waals surface area contributed by atoms with Crippen LogP contribution >= 0.6 is 0 Å². The van der Waals surface area contributed by atoms with Gasteiger partial charge in [0.2, 0.25) is 0 Å². The molecule has 1 saturated heterocycles. The van der Waals surface area contributed by atoms with E-state index in [1.807, 2.05) is 19.1 Å². The number of anilines is 1. The van der Waals surface area contributed by atoms with Gasteiger partial charge in [-0.05, 0) is 68.7 Å². The van der Waals surface area contributed by atoms with Crippen LogP contribution in [0, 0.1) is 16.7 Å². The van der Waals surface area contributed by atoms with Crippen LogP contribution in [0.3, 0.4) is 0 Å². The molecule has 2 aromatic rings. The Bertz CT molecular complexity index is 1300. The van der Waals surface area contributed by atoms with Gasteiger partial charge < -0.3 is 24.5 Å². The lowest BCUT2D eigenvalue weighted by atomic mass is 9.76. The van der Waals surface area contributed by atoms with E-state index in [0.29, 0.717) is 39.6 Å². The van der Waals surface area contributed by atoms with E-state index >= 15 is 0 Å². The molecule has 1 aromatic carbocycles. The summed E-state index contributed by atoms with van der Waals surface area (Å²) in [5.41, 5.74) is 4.66. The Balaban J connectivity index is 1.38. The first-order chi connectivity index (χ1) is 21.1. The zero-order valence-electron chi connectivity index (χ0n) is 27.2. The van der Waals surface area contributed by atoms with Gasteiger partial charge in [0.25, 0.3) is 5.91 Å². The van der Waals surface area contributed by atoms with Gasteiger partial charge in [0.1, 0.15) is 11.8 Å². The highest BCUT2D eigenvalue weighted by Gasteiger charge is 2.33. The van der Waals surface area contributed by atoms with Crippen LogP contribution in [0.1, 0.15) is 81.3 Å². The van der Waals surface area contributed by atoms with Crippen molar-refractivity contribution in [1.82, 2.24) is 19.8 Å². The Labute approximate surface area is 262 Å². The number of imidazole rings is 1. The molecule has 1 aromatic heterocycles. The summed E-state index contributed by atoms with van der Waals surface area (Å²) in [5.74, 6) is -0.226. The van der Waals surface area contributed by atoms with Gasteiger partial charge in [-0.3, -0.25) is 14.6 Å². The van der Waals surface area contributed by atoms with Crippen LogP contribution in [0.5, 0.6) is 0 Å². The Morgan fingerprint density at radius 3 is 2.43 bits per heavy atom. The Morgan fingerprint density at radius 2 is 1.80 bits per heavy atom. The number of hydrogen-bond donors (Lipinski definition) is 2. The number of nitriles is 1. The Hall–Kier alpha value is -3.07. The van der Waals surface area contributed by atoms with E-state index in [1.165, 1.54) is 17.3 Å². The van der Waals surface area contributed by atoms with Gasteiger partial charge in [0.15, 0.2) is 5.82 Å². The number of ether oxygens (including phenoxy) is 3. The highest BCUT2D eigenvalue weighted by Crippen LogP contribution is 2.41. The van der Waals surface area contributed by atoms with E-state index in [2.05, 4.69) is 71.0 Å². The molecule has 0 saturated carbocycles. The summed E-state index contributed by atoms with van der Waals surface area (Å²) < 4.78 is 16.6. The molecule has 2 N–H and O–H groups in total. The van der Waals surface area contributed by atoms with Gasteiger partial charge in [-0.25, -0.2) is 4.98 Å². The zero-order chi connectivity index (χ0) is 31.6. The third-order valence-electron chi connectivity index (χ3n) is 8.87. The molecule has 1 amide bonds. The van der Waals surface area contributed by atoms with Gasteiger partial charge in [0.05, 0.1) is 39.2 Å². The van der Waals surface area contributed by atoms with Gasteiger partial charge in [-0.15, -0.1) is 0 Å². The van der Waals surface area contributed by atoms with Crippen molar-refractivity contribution >= 4 is 17.2 Å². The number of benzene rings is 1. The third-order valence-corrected chi connectivity index (χ3v) is 8.87. The second-order valence-corrected chi connectivity index (χ2v) is 12.9. The smallest absolute Gasteiger partial charge is 0.291 e. The molecular formula is C34H50N6O4. The van der Waals surface area contributed by atoms with E-state index in [9.17, 15) is 4.79 Å². The lowest BCUT2D eigenvalue weighted by molar-refractivity contribution is 0.00409. The fourth-order valence-electron chi connectivity index (χ4n) is 5.79. The lowest BCUT2D eigenvalue weighted by Gasteiger charge is -2.44. The normalized spacial score (nSPS) is 17.7. The Kier molecular flexibility index (Phi) is 12.1. The molecular weight excluding hydrogens is 556 g/mol. The van der Waals surface area contributed by atoms with Gasteiger partial charge >= 0.3 is 0 Å². The predicted molar refractivity (Wildman–Crippen MR) is 172 cm³/mol. The lowest BCUT2D eigenvalue weighted by Crippen LogP contribution is -2.53. The van der Waals surface area contributed by atoms with Gasteiger partial charge in [-0.2, -0.15) is 5.26 Å². The van der Waals surface area contributed by atoms with Crippen molar-refractivity contribution in [3.05, 3.63) is 53.1 Å². The maximum atomic E-state index is 13.1. The molecule has 10 nitrogen and oxygen atoms in total. The summed E-state index contributed by atoms with van der Waals surface area (Å²) >= 11 is 0. The van der Waals surface area contributed by atoms with Crippen LogP contribution in [-0.4, -0.2) is 98.0 Å². The first-order valence-electron chi connectivity index (χ1n) is 15.9. The summed E-state index contributed by atoms with van der Waals surface area (Å²) in [5, 5.41) is 12.2. The number of carbonyl (C=O) groups is 1. The molecule has 0 spiro atoms. The maximum Gasteiger partial charge on any atom is 0.291 e. The maximum absolute atomic E-state index is 13.1. The predicted octanol–water partition coefficient (Wildman–Crippen LogP) is 5.05. The molecule has 2 aliphatic rings. The van der Waals surface area contributed by atoms with Gasteiger partial charge in [0, 0.05) is 56.1 Å². The molecule has 44 heavy (non-hydrogen) atoms. The molecule has 1 aliphatic heterocycles. The van der Waals surface area contributed by atoms with Crippen molar-refractivity contribution in [2.45, 2.75) is 59.4 Å². The number of amides is 1. The first kappa shape index (κ1) is 33.8. The quantitative estimate of drug-likeness (QED) is 0.271. The number of aromatic nitrogens is 2. The average molecular weight is 607 g/mol. The first-order valence-corrected chi connectivity index (χ1v) is 15.9. The number of hydrogen-bond acceptors (Lipinski definition) is 8. The van der Waals surface area contributed by atoms with Crippen molar-refractivity contribution < 1.29 is 19.0 Å². The summed E-state index contributed by atoms with van der Waals surface area (Å²) in [7, 11) is 0. The molecule has 0 unspecified atom stereocenters. The molecule has 240 valence electrons. The minimum atomic E-state index is -0.356. The topological polar surface area (TPSA) is 116 Å². The highest BCUT2D eigenvalue weighted by atomic mass is 16.5. The van der Waals surface area contributed by atoms with E-state index in [-0.39, 0.29) is 28.4 Å². The minimum absolute atomic E-state index is 0.129. The molecule has 0 bridgehead atoms. The van der Waals surface area contributed by atoms with Crippen LogP contribution < -0.4 is 5.32 Å².